The van der Waals surface area contributed by atoms with E-state index in [0.717, 1.165) is 6.42 Å². The average molecular weight is 304 g/mol. The van der Waals surface area contributed by atoms with Gasteiger partial charge in [0.15, 0.2) is 0 Å². The summed E-state index contributed by atoms with van der Waals surface area (Å²) in [6.45, 7) is 18.7. The predicted molar refractivity (Wildman–Crippen MR) is 91.1 cm³/mol. The third kappa shape index (κ3) is 38.1. The summed E-state index contributed by atoms with van der Waals surface area (Å²) in [6.07, 6.45) is 1.38. The van der Waals surface area contributed by atoms with Crippen LogP contribution in [0, 0.1) is 5.92 Å². The van der Waals surface area contributed by atoms with Crippen LogP contribution in [0.5, 0.6) is 0 Å². The van der Waals surface area contributed by atoms with Crippen molar-refractivity contribution in [2.24, 2.45) is 5.92 Å². The Morgan fingerprint density at radius 3 is 1.81 bits per heavy atom. The predicted octanol–water partition coefficient (Wildman–Crippen LogP) is 2.50. The van der Waals surface area contributed by atoms with Crippen molar-refractivity contribution >= 4 is 11.8 Å². The summed E-state index contributed by atoms with van der Waals surface area (Å²) >= 11 is 0. The van der Waals surface area contributed by atoms with E-state index >= 15 is 0 Å². The van der Waals surface area contributed by atoms with Crippen LogP contribution in [-0.4, -0.2) is 36.6 Å². The molecule has 0 radical (unpaired) electrons. The Labute approximate surface area is 131 Å². The Morgan fingerprint density at radius 2 is 1.48 bits per heavy atom. The van der Waals surface area contributed by atoms with Gasteiger partial charge in [-0.25, -0.2) is 0 Å². The van der Waals surface area contributed by atoms with Gasteiger partial charge >= 0.3 is 0 Å². The molecule has 0 aliphatic carbocycles. The molecular weight excluding hydrogens is 268 g/mol. The lowest BCUT2D eigenvalue weighted by atomic mass is 10.1. The minimum absolute atomic E-state index is 0.0881. The molecule has 128 valence electrons. The van der Waals surface area contributed by atoms with Crippen molar-refractivity contribution in [2.45, 2.75) is 54.4 Å². The number of hydrogen-bond acceptors (Lipinski definition) is 3. The summed E-state index contributed by atoms with van der Waals surface area (Å²) in [5.74, 6) is 0.372. The number of nitrogens with one attached hydrogen (secondary N) is 2. The van der Waals surface area contributed by atoms with Gasteiger partial charge in [-0.3, -0.25) is 9.59 Å². The van der Waals surface area contributed by atoms with E-state index in [4.69, 9.17) is 5.11 Å². The minimum Gasteiger partial charge on any atom is -0.397 e. The van der Waals surface area contributed by atoms with Gasteiger partial charge in [0.05, 0.1) is 6.54 Å². The Hall–Kier alpha value is -1.36. The first-order valence-electron chi connectivity index (χ1n) is 7.62. The fraction of sp³-hybridized carbons (Fsp3) is 0.750. The molecule has 0 aliphatic rings. The number of aliphatic hydroxyl groups excluding tert-OH is 1. The van der Waals surface area contributed by atoms with Crippen LogP contribution in [0.2, 0.25) is 0 Å². The smallest absolute Gasteiger partial charge is 0.239 e. The number of carbonyl (C=O) groups excluding carboxylic acids is 2. The lowest BCUT2D eigenvalue weighted by molar-refractivity contribution is -0.125. The van der Waals surface area contributed by atoms with Crippen LogP contribution in [-0.2, 0) is 9.59 Å². The lowest BCUT2D eigenvalue weighted by Crippen LogP contribution is -2.37. The number of carbonyl (C=O) groups is 2. The summed E-state index contributed by atoms with van der Waals surface area (Å²) < 4.78 is 0. The first-order chi connectivity index (χ1) is 9.97. The number of amides is 2. The van der Waals surface area contributed by atoms with Crippen LogP contribution in [0.3, 0.4) is 0 Å². The van der Waals surface area contributed by atoms with Crippen LogP contribution >= 0.6 is 0 Å². The van der Waals surface area contributed by atoms with Crippen molar-refractivity contribution in [3.8, 4) is 0 Å². The maximum atomic E-state index is 11.1. The molecule has 0 rings (SSSR count). The fourth-order valence-corrected chi connectivity index (χ4v) is 0.867. The summed E-state index contributed by atoms with van der Waals surface area (Å²) in [4.78, 5) is 21.9. The molecule has 0 saturated carbocycles. The highest BCUT2D eigenvalue weighted by atomic mass is 16.2. The zero-order valence-corrected chi connectivity index (χ0v) is 14.8. The number of hydrogen-bond donors (Lipinski definition) is 3. The van der Waals surface area contributed by atoms with E-state index in [-0.39, 0.29) is 25.0 Å². The molecule has 0 saturated heterocycles. The maximum absolute atomic E-state index is 11.1. The number of aliphatic hydroxyl groups is 1. The molecule has 2 amide bonds. The molecule has 0 heterocycles. The summed E-state index contributed by atoms with van der Waals surface area (Å²) in [6, 6.07) is 0. The first kappa shape index (κ1) is 27.9. The maximum Gasteiger partial charge on any atom is 0.239 e. The molecule has 0 atom stereocenters. The molecule has 0 unspecified atom stereocenters. The highest BCUT2D eigenvalue weighted by Gasteiger charge is 2.02. The Kier molecular flexibility index (Phi) is 36.0. The van der Waals surface area contributed by atoms with Crippen molar-refractivity contribution < 1.29 is 14.7 Å². The SMILES string of the molecule is C=C.CC.CCC(=O)NCC(=O)NCCC(C)C.CCO. The lowest BCUT2D eigenvalue weighted by Gasteiger charge is -2.07. The minimum atomic E-state index is -0.118. The largest absolute Gasteiger partial charge is 0.397 e. The second-order valence-electron chi connectivity index (χ2n) is 3.98. The van der Waals surface area contributed by atoms with Gasteiger partial charge in [0.1, 0.15) is 0 Å². The molecule has 0 aromatic carbocycles. The van der Waals surface area contributed by atoms with Crippen molar-refractivity contribution in [3.63, 3.8) is 0 Å². The average Bonchev–Trinajstić information content (AvgIpc) is 2.49. The van der Waals surface area contributed by atoms with E-state index in [1.54, 1.807) is 13.8 Å². The highest BCUT2D eigenvalue weighted by Crippen LogP contribution is 1.95. The summed E-state index contributed by atoms with van der Waals surface area (Å²) in [5, 5.41) is 12.8. The van der Waals surface area contributed by atoms with E-state index in [9.17, 15) is 9.59 Å². The molecule has 3 N–H and O–H groups in total. The Bertz CT molecular complexity index is 220. The third-order valence-corrected chi connectivity index (χ3v) is 1.81. The van der Waals surface area contributed by atoms with Gasteiger partial charge in [0.2, 0.25) is 11.8 Å². The summed E-state index contributed by atoms with van der Waals surface area (Å²) in [5.41, 5.74) is 0. The molecule has 0 aliphatic heterocycles. The van der Waals surface area contributed by atoms with Gasteiger partial charge in [-0.1, -0.05) is 34.6 Å². The van der Waals surface area contributed by atoms with Crippen LogP contribution in [0.1, 0.15) is 54.4 Å². The normalized spacial score (nSPS) is 8.00. The van der Waals surface area contributed by atoms with Crippen LogP contribution in [0.25, 0.3) is 0 Å². The van der Waals surface area contributed by atoms with Crippen molar-refractivity contribution in [1.29, 1.82) is 0 Å². The zero-order valence-electron chi connectivity index (χ0n) is 14.8. The Morgan fingerprint density at radius 1 is 1.05 bits per heavy atom. The van der Waals surface area contributed by atoms with Gasteiger partial charge in [-0.15, -0.1) is 13.2 Å². The van der Waals surface area contributed by atoms with Gasteiger partial charge in [-0.2, -0.15) is 0 Å². The zero-order chi connectivity index (χ0) is 17.7. The van der Waals surface area contributed by atoms with Crippen LogP contribution < -0.4 is 10.6 Å². The first-order valence-corrected chi connectivity index (χ1v) is 7.62. The highest BCUT2D eigenvalue weighted by molar-refractivity contribution is 5.84. The monoisotopic (exact) mass is 304 g/mol. The van der Waals surface area contributed by atoms with Gasteiger partial charge in [0.25, 0.3) is 0 Å². The molecule has 5 heteroatoms. The molecule has 21 heavy (non-hydrogen) atoms. The van der Waals surface area contributed by atoms with Crippen molar-refractivity contribution in [2.75, 3.05) is 19.7 Å². The van der Waals surface area contributed by atoms with Crippen LogP contribution in [0.4, 0.5) is 0 Å². The Balaban J connectivity index is -0.000000176. The van der Waals surface area contributed by atoms with Gasteiger partial charge in [-0.05, 0) is 19.3 Å². The van der Waals surface area contributed by atoms with E-state index in [0.29, 0.717) is 18.9 Å². The molecule has 0 aromatic heterocycles. The quantitative estimate of drug-likeness (QED) is 0.660. The second-order valence-corrected chi connectivity index (χ2v) is 3.98. The fourth-order valence-electron chi connectivity index (χ4n) is 0.867. The topological polar surface area (TPSA) is 78.4 Å². The van der Waals surface area contributed by atoms with Crippen LogP contribution in [0.15, 0.2) is 13.2 Å². The van der Waals surface area contributed by atoms with Crippen molar-refractivity contribution in [1.82, 2.24) is 10.6 Å². The molecule has 5 nitrogen and oxygen atoms in total. The van der Waals surface area contributed by atoms with Gasteiger partial charge < -0.3 is 15.7 Å². The van der Waals surface area contributed by atoms with E-state index in [1.807, 2.05) is 13.8 Å². The van der Waals surface area contributed by atoms with Gasteiger partial charge in [0, 0.05) is 19.6 Å². The van der Waals surface area contributed by atoms with E-state index in [1.165, 1.54) is 0 Å². The second kappa shape index (κ2) is 27.1. The standard InChI is InChI=1S/C10H20N2O2.C2H6O.C2H6.C2H4/c1-4-9(13)12-7-10(14)11-6-5-8(2)3;1-2-3;2*1-2/h8H,4-7H2,1-3H3,(H,11,14)(H,12,13);3H,2H2,1H3;1-2H3;1-2H2. The molecular formula is C16H36N2O3. The molecule has 0 aromatic rings. The third-order valence-electron chi connectivity index (χ3n) is 1.81. The molecule has 0 bridgehead atoms. The van der Waals surface area contributed by atoms with E-state index < -0.39 is 0 Å². The number of rotatable bonds is 6. The molecule has 0 fully saturated rings. The van der Waals surface area contributed by atoms with Crippen molar-refractivity contribution in [3.05, 3.63) is 13.2 Å². The summed E-state index contributed by atoms with van der Waals surface area (Å²) in [7, 11) is 0. The van der Waals surface area contributed by atoms with E-state index in [2.05, 4.69) is 37.6 Å². The molecule has 0 spiro atoms.